The van der Waals surface area contributed by atoms with Gasteiger partial charge in [0.25, 0.3) is 0 Å². The summed E-state index contributed by atoms with van der Waals surface area (Å²) in [5, 5.41) is 21.6. The predicted molar refractivity (Wildman–Crippen MR) is 266 cm³/mol. The zero-order valence-corrected chi connectivity index (χ0v) is 40.7. The Morgan fingerprint density at radius 3 is 1.15 bits per heavy atom. The number of hydrogen-bond acceptors (Lipinski definition) is 10. The number of hydrogen-bond donors (Lipinski definition) is 2. The molecule has 0 unspecified atom stereocenters. The van der Waals surface area contributed by atoms with Gasteiger partial charge in [-0.05, 0) is 105 Å². The smallest absolute Gasteiger partial charge is 0.209 e. The van der Waals surface area contributed by atoms with Gasteiger partial charge in [-0.1, -0.05) is 52.5 Å². The van der Waals surface area contributed by atoms with Crippen LogP contribution in [0.1, 0.15) is 22.3 Å². The van der Waals surface area contributed by atoms with E-state index >= 15 is 0 Å². The van der Waals surface area contributed by atoms with Gasteiger partial charge in [0, 0.05) is 160 Å². The minimum Gasteiger partial charge on any atom is -0.395 e. The molecule has 2 N–H and O–H groups in total. The lowest BCUT2D eigenvalue weighted by Crippen LogP contribution is -2.47. The van der Waals surface area contributed by atoms with E-state index in [4.69, 9.17) is 46.4 Å². The third kappa shape index (κ3) is 12.6. The third-order valence-corrected chi connectivity index (χ3v) is 14.7. The number of halogens is 4. The molecule has 354 valence electrons. The van der Waals surface area contributed by atoms with Crippen LogP contribution in [-0.4, -0.2) is 193 Å². The molecule has 0 atom stereocenters. The number of carbonyl (C=O) groups is 2. The summed E-state index contributed by atoms with van der Waals surface area (Å²) in [4.78, 5) is 41.0. The molecule has 4 aliphatic heterocycles. The molecule has 4 heterocycles. The van der Waals surface area contributed by atoms with Crippen LogP contribution in [0.2, 0.25) is 20.1 Å². The first-order valence-corrected chi connectivity index (χ1v) is 24.8. The highest BCUT2D eigenvalue weighted by atomic mass is 35.5. The number of amides is 2. The van der Waals surface area contributed by atoms with Gasteiger partial charge in [-0.15, -0.1) is 0 Å². The van der Waals surface area contributed by atoms with Gasteiger partial charge >= 0.3 is 0 Å². The van der Waals surface area contributed by atoms with Crippen molar-refractivity contribution in [2.45, 2.75) is 26.2 Å². The van der Waals surface area contributed by atoms with Gasteiger partial charge in [-0.25, -0.2) is 0 Å². The van der Waals surface area contributed by atoms with Gasteiger partial charge in [0.15, 0.2) is 0 Å². The van der Waals surface area contributed by atoms with E-state index in [1.54, 1.807) is 6.07 Å². The molecular formula is C50H62Cl4N8O4. The first kappa shape index (κ1) is 49.1. The average molecular weight is 981 g/mol. The number of carbonyl (C=O) groups excluding carboxylic acids is 2. The Bertz CT molecular complexity index is 2150. The standard InChI is InChI=1S/C50H62Cl4N8O4/c51-45-26-41(27-46(52)30-45)40-24-43(33-59-5-1-55(2-6-59)17-19-63)49(44(25-40)34-60-7-3-56(4-8-60)18-20-64)50-47(53)28-42(29-48(50)54)39-22-37(31-57-9-13-61(35-65)14-10-57)21-38(23-39)32-58-11-15-62(36-66)16-12-58/h21-30,35-36,63-64H,1-20,31-34H2. The maximum absolute atomic E-state index is 11.5. The minimum absolute atomic E-state index is 0.143. The van der Waals surface area contributed by atoms with E-state index in [0.717, 1.165) is 149 Å². The van der Waals surface area contributed by atoms with Gasteiger partial charge in [0.2, 0.25) is 12.8 Å². The quantitative estimate of drug-likeness (QED) is 0.122. The van der Waals surface area contributed by atoms with E-state index < -0.39 is 0 Å². The Morgan fingerprint density at radius 2 is 0.742 bits per heavy atom. The van der Waals surface area contributed by atoms with Crippen molar-refractivity contribution in [2.24, 2.45) is 0 Å². The largest absolute Gasteiger partial charge is 0.395 e. The third-order valence-electron chi connectivity index (χ3n) is 13.7. The van der Waals surface area contributed by atoms with Crippen molar-refractivity contribution in [3.8, 4) is 33.4 Å². The molecule has 12 nitrogen and oxygen atoms in total. The highest BCUT2D eigenvalue weighted by Gasteiger charge is 2.27. The second-order valence-electron chi connectivity index (χ2n) is 18.2. The van der Waals surface area contributed by atoms with Crippen molar-refractivity contribution in [3.63, 3.8) is 0 Å². The van der Waals surface area contributed by atoms with E-state index in [9.17, 15) is 19.8 Å². The average Bonchev–Trinajstić information content (AvgIpc) is 3.31. The Morgan fingerprint density at radius 1 is 0.394 bits per heavy atom. The van der Waals surface area contributed by atoms with E-state index in [0.29, 0.717) is 72.4 Å². The highest BCUT2D eigenvalue weighted by molar-refractivity contribution is 6.40. The van der Waals surface area contributed by atoms with Gasteiger partial charge in [0.1, 0.15) is 0 Å². The summed E-state index contributed by atoms with van der Waals surface area (Å²) in [5.41, 5.74) is 10.3. The Kier molecular flexibility index (Phi) is 17.3. The molecule has 0 bridgehead atoms. The Hall–Kier alpha value is -3.34. The summed E-state index contributed by atoms with van der Waals surface area (Å²) < 4.78 is 0. The molecule has 66 heavy (non-hydrogen) atoms. The van der Waals surface area contributed by atoms with Crippen molar-refractivity contribution in [1.82, 2.24) is 39.2 Å². The monoisotopic (exact) mass is 978 g/mol. The maximum atomic E-state index is 11.5. The molecule has 8 rings (SSSR count). The molecule has 0 saturated carbocycles. The van der Waals surface area contributed by atoms with Crippen LogP contribution in [0.5, 0.6) is 0 Å². The number of aliphatic hydroxyl groups is 2. The molecule has 0 aromatic heterocycles. The molecule has 4 fully saturated rings. The molecule has 0 aliphatic carbocycles. The predicted octanol–water partition coefficient (Wildman–Crippen LogP) is 6.07. The lowest BCUT2D eigenvalue weighted by Gasteiger charge is -2.36. The molecule has 4 aliphatic rings. The molecule has 4 aromatic carbocycles. The van der Waals surface area contributed by atoms with Crippen LogP contribution >= 0.6 is 46.4 Å². The highest BCUT2D eigenvalue weighted by Crippen LogP contribution is 2.45. The van der Waals surface area contributed by atoms with Crippen LogP contribution in [0.4, 0.5) is 0 Å². The normalized spacial score (nSPS) is 18.9. The SMILES string of the molecule is O=CN1CCN(Cc2cc(CN3CCN(C=O)CC3)cc(-c3cc(Cl)c(-c4c(CN5CCN(CCO)CC5)cc(-c5cc(Cl)cc(Cl)c5)cc4CN4CCN(CCO)CC4)c(Cl)c3)c2)CC1. The zero-order chi connectivity index (χ0) is 46.2. The van der Waals surface area contributed by atoms with Gasteiger partial charge in [-0.2, -0.15) is 0 Å². The van der Waals surface area contributed by atoms with Crippen LogP contribution in [0.3, 0.4) is 0 Å². The maximum Gasteiger partial charge on any atom is 0.209 e. The Balaban J connectivity index is 1.20. The number of nitrogens with zero attached hydrogens (tertiary/aromatic N) is 8. The zero-order valence-electron chi connectivity index (χ0n) is 37.7. The van der Waals surface area contributed by atoms with Gasteiger partial charge in [0.05, 0.1) is 23.3 Å². The Labute approximate surface area is 409 Å². The van der Waals surface area contributed by atoms with Crippen LogP contribution in [0, 0.1) is 0 Å². The topological polar surface area (TPSA) is 101 Å². The summed E-state index contributed by atoms with van der Waals surface area (Å²) in [6, 6.07) is 21.1. The first-order chi connectivity index (χ1) is 32.1. The molecule has 4 saturated heterocycles. The van der Waals surface area contributed by atoms with Crippen LogP contribution in [0.25, 0.3) is 33.4 Å². The van der Waals surface area contributed by atoms with Gasteiger partial charge in [-0.3, -0.25) is 39.0 Å². The van der Waals surface area contributed by atoms with Crippen molar-refractivity contribution in [1.29, 1.82) is 0 Å². The summed E-state index contributed by atoms with van der Waals surface area (Å²) in [5.74, 6) is 0. The van der Waals surface area contributed by atoms with Crippen molar-refractivity contribution < 1.29 is 19.8 Å². The van der Waals surface area contributed by atoms with Crippen molar-refractivity contribution >= 4 is 59.2 Å². The van der Waals surface area contributed by atoms with E-state index in [2.05, 4.69) is 71.9 Å². The number of aliphatic hydroxyl groups excluding tert-OH is 2. The fourth-order valence-electron chi connectivity index (χ4n) is 9.99. The molecule has 4 aromatic rings. The summed E-state index contributed by atoms with van der Waals surface area (Å²) in [6.07, 6.45) is 1.88. The molecule has 0 spiro atoms. The second-order valence-corrected chi connectivity index (χ2v) is 19.9. The first-order valence-electron chi connectivity index (χ1n) is 23.3. The molecular weight excluding hydrogens is 918 g/mol. The fourth-order valence-corrected chi connectivity index (χ4v) is 11.2. The van der Waals surface area contributed by atoms with Crippen LogP contribution in [-0.2, 0) is 35.8 Å². The number of β-amino-alcohol motifs (C(OH)–C–C–N with tert-alkyl or cyclic N) is 2. The van der Waals surface area contributed by atoms with E-state index in [1.807, 2.05) is 21.9 Å². The minimum atomic E-state index is 0.143. The lowest BCUT2D eigenvalue weighted by atomic mass is 9.88. The van der Waals surface area contributed by atoms with Gasteiger partial charge < -0.3 is 20.0 Å². The molecule has 16 heteroatoms. The van der Waals surface area contributed by atoms with Crippen molar-refractivity contribution in [2.75, 3.05) is 131 Å². The summed E-state index contributed by atoms with van der Waals surface area (Å²) in [7, 11) is 0. The van der Waals surface area contributed by atoms with E-state index in [-0.39, 0.29) is 13.2 Å². The van der Waals surface area contributed by atoms with Crippen molar-refractivity contribution in [3.05, 3.63) is 103 Å². The summed E-state index contributed by atoms with van der Waals surface area (Å²) >= 11 is 28.5. The molecule has 2 amide bonds. The number of piperazine rings is 4. The van der Waals surface area contributed by atoms with Crippen LogP contribution in [0.15, 0.2) is 60.7 Å². The lowest BCUT2D eigenvalue weighted by molar-refractivity contribution is -0.120. The molecule has 0 radical (unpaired) electrons. The number of benzene rings is 4. The fraction of sp³-hybridized carbons (Fsp3) is 0.480. The summed E-state index contributed by atoms with van der Waals surface area (Å²) in [6.45, 7) is 17.4. The van der Waals surface area contributed by atoms with E-state index in [1.165, 1.54) is 11.1 Å². The van der Waals surface area contributed by atoms with Crippen LogP contribution < -0.4 is 0 Å². The second kappa shape index (κ2) is 23.3. The number of rotatable bonds is 17.